The Hall–Kier alpha value is -1.89. The largest absolute Gasteiger partial charge is 0.466 e. The van der Waals surface area contributed by atoms with Gasteiger partial charge in [0, 0.05) is 6.42 Å². The van der Waals surface area contributed by atoms with Crippen LogP contribution in [-0.2, 0) is 19.9 Å². The first-order chi connectivity index (χ1) is 10.1. The van der Waals surface area contributed by atoms with Crippen LogP contribution in [0.5, 0.6) is 0 Å². The number of halogens is 3. The fourth-order valence-corrected chi connectivity index (χ4v) is 1.92. The molecule has 0 spiro atoms. The van der Waals surface area contributed by atoms with Gasteiger partial charge in [0.25, 0.3) is 0 Å². The molecular weight excluding hydrogens is 301 g/mol. The molecule has 0 radical (unpaired) electrons. The standard InChI is InChI=1S/C15H17F3O4/c1-3-22-13(20)8-12(19)9-14(21,15(16,17)18)11-6-4-10(2)5-7-11/h4-7,21H,3,8-9H2,1-2H3. The lowest BCUT2D eigenvalue weighted by Gasteiger charge is -2.30. The molecule has 1 unspecified atom stereocenters. The molecule has 0 saturated carbocycles. The molecule has 1 aromatic rings. The first-order valence-electron chi connectivity index (χ1n) is 6.63. The number of hydrogen-bond donors (Lipinski definition) is 1. The van der Waals surface area contributed by atoms with E-state index >= 15 is 0 Å². The van der Waals surface area contributed by atoms with Crippen LogP contribution in [0.4, 0.5) is 13.2 Å². The maximum atomic E-state index is 13.2. The van der Waals surface area contributed by atoms with Gasteiger partial charge >= 0.3 is 12.1 Å². The number of carbonyl (C=O) groups excluding carboxylic acids is 2. The Morgan fingerprint density at radius 2 is 1.73 bits per heavy atom. The third-order valence-corrected chi connectivity index (χ3v) is 3.10. The highest BCUT2D eigenvalue weighted by atomic mass is 19.4. The summed E-state index contributed by atoms with van der Waals surface area (Å²) in [7, 11) is 0. The number of Topliss-reactive ketones (excluding diaryl/α,β-unsaturated/α-hetero) is 1. The van der Waals surface area contributed by atoms with Crippen LogP contribution in [0, 0.1) is 6.92 Å². The molecule has 0 aromatic heterocycles. The van der Waals surface area contributed by atoms with E-state index in [1.54, 1.807) is 6.92 Å². The zero-order valence-corrected chi connectivity index (χ0v) is 12.2. The Balaban J connectivity index is 3.01. The van der Waals surface area contributed by atoms with Gasteiger partial charge in [-0.05, 0) is 19.4 Å². The second kappa shape index (κ2) is 6.91. The van der Waals surface area contributed by atoms with Crippen LogP contribution in [-0.4, -0.2) is 29.6 Å². The number of aliphatic hydroxyl groups is 1. The summed E-state index contributed by atoms with van der Waals surface area (Å²) in [5.41, 5.74) is -3.06. The predicted octanol–water partition coefficient (Wildman–Crippen LogP) is 2.66. The molecule has 0 aliphatic carbocycles. The van der Waals surface area contributed by atoms with Gasteiger partial charge in [-0.1, -0.05) is 29.8 Å². The van der Waals surface area contributed by atoms with E-state index in [2.05, 4.69) is 4.74 Å². The number of alkyl halides is 3. The third-order valence-electron chi connectivity index (χ3n) is 3.10. The number of ether oxygens (including phenoxy) is 1. The van der Waals surface area contributed by atoms with Gasteiger partial charge in [-0.25, -0.2) is 0 Å². The molecule has 1 aromatic carbocycles. The number of aryl methyl sites for hydroxylation is 1. The smallest absolute Gasteiger partial charge is 0.421 e. The zero-order valence-electron chi connectivity index (χ0n) is 12.2. The first-order valence-corrected chi connectivity index (χ1v) is 6.63. The van der Waals surface area contributed by atoms with E-state index in [9.17, 15) is 27.9 Å². The molecule has 7 heteroatoms. The van der Waals surface area contributed by atoms with Crippen LogP contribution in [0.15, 0.2) is 24.3 Å². The van der Waals surface area contributed by atoms with Gasteiger partial charge in [0.2, 0.25) is 0 Å². The minimum Gasteiger partial charge on any atom is -0.466 e. The molecule has 0 aliphatic heterocycles. The van der Waals surface area contributed by atoms with E-state index in [4.69, 9.17) is 0 Å². The lowest BCUT2D eigenvalue weighted by atomic mass is 9.87. The molecule has 0 fully saturated rings. The van der Waals surface area contributed by atoms with E-state index < -0.39 is 41.9 Å². The number of benzene rings is 1. The molecule has 0 bridgehead atoms. The second-order valence-corrected chi connectivity index (χ2v) is 4.92. The molecule has 0 aliphatic rings. The normalized spacial score (nSPS) is 14.3. The number of esters is 1. The fraction of sp³-hybridized carbons (Fsp3) is 0.467. The third kappa shape index (κ3) is 4.30. The number of hydrogen-bond acceptors (Lipinski definition) is 4. The number of ketones is 1. The zero-order chi connectivity index (χ0) is 17.0. The van der Waals surface area contributed by atoms with E-state index in [-0.39, 0.29) is 6.61 Å². The van der Waals surface area contributed by atoms with Crippen molar-refractivity contribution in [2.75, 3.05) is 6.61 Å². The van der Waals surface area contributed by atoms with Crippen LogP contribution >= 0.6 is 0 Å². The number of carbonyl (C=O) groups is 2. The Morgan fingerprint density at radius 3 is 2.18 bits per heavy atom. The van der Waals surface area contributed by atoms with Crippen LogP contribution in [0.2, 0.25) is 0 Å². The van der Waals surface area contributed by atoms with E-state index in [1.807, 2.05) is 0 Å². The van der Waals surface area contributed by atoms with Crippen molar-refractivity contribution in [2.24, 2.45) is 0 Å². The van der Waals surface area contributed by atoms with E-state index in [0.717, 1.165) is 12.1 Å². The molecule has 0 amide bonds. The van der Waals surface area contributed by atoms with Crippen molar-refractivity contribution in [1.82, 2.24) is 0 Å². The maximum absolute atomic E-state index is 13.2. The average molecular weight is 318 g/mol. The molecule has 1 N–H and O–H groups in total. The molecular formula is C15H17F3O4. The Labute approximate surface area is 125 Å². The van der Waals surface area contributed by atoms with Gasteiger partial charge in [0.05, 0.1) is 6.61 Å². The van der Waals surface area contributed by atoms with Crippen molar-refractivity contribution in [2.45, 2.75) is 38.5 Å². The molecule has 122 valence electrons. The SMILES string of the molecule is CCOC(=O)CC(=O)CC(O)(c1ccc(C)cc1)C(F)(F)F. The Morgan fingerprint density at radius 1 is 1.18 bits per heavy atom. The molecule has 22 heavy (non-hydrogen) atoms. The van der Waals surface area contributed by atoms with Gasteiger partial charge < -0.3 is 9.84 Å². The van der Waals surface area contributed by atoms with Gasteiger partial charge in [-0.2, -0.15) is 13.2 Å². The molecule has 1 atom stereocenters. The van der Waals surface area contributed by atoms with Crippen LogP contribution in [0.25, 0.3) is 0 Å². The fourth-order valence-electron chi connectivity index (χ4n) is 1.92. The minimum atomic E-state index is -5.05. The summed E-state index contributed by atoms with van der Waals surface area (Å²) < 4.78 is 44.2. The highest BCUT2D eigenvalue weighted by Crippen LogP contribution is 2.42. The van der Waals surface area contributed by atoms with Gasteiger partial charge in [0.15, 0.2) is 5.60 Å². The second-order valence-electron chi connectivity index (χ2n) is 4.92. The van der Waals surface area contributed by atoms with Crippen molar-refractivity contribution in [3.05, 3.63) is 35.4 Å². The summed E-state index contributed by atoms with van der Waals surface area (Å²) in [6.45, 7) is 3.22. The number of rotatable bonds is 6. The first kappa shape index (κ1) is 18.2. The molecule has 4 nitrogen and oxygen atoms in total. The van der Waals surface area contributed by atoms with Crippen molar-refractivity contribution in [3.8, 4) is 0 Å². The highest BCUT2D eigenvalue weighted by Gasteiger charge is 2.55. The topological polar surface area (TPSA) is 63.6 Å². The maximum Gasteiger partial charge on any atom is 0.421 e. The Bertz CT molecular complexity index is 537. The van der Waals surface area contributed by atoms with Crippen molar-refractivity contribution < 1.29 is 32.6 Å². The van der Waals surface area contributed by atoms with Gasteiger partial charge in [-0.3, -0.25) is 9.59 Å². The van der Waals surface area contributed by atoms with Gasteiger partial charge in [0.1, 0.15) is 12.2 Å². The monoisotopic (exact) mass is 318 g/mol. The molecule has 0 heterocycles. The van der Waals surface area contributed by atoms with Crippen LogP contribution < -0.4 is 0 Å². The quantitative estimate of drug-likeness (QED) is 0.647. The Kier molecular flexibility index (Phi) is 5.71. The van der Waals surface area contributed by atoms with Crippen molar-refractivity contribution in [1.29, 1.82) is 0 Å². The van der Waals surface area contributed by atoms with Crippen molar-refractivity contribution in [3.63, 3.8) is 0 Å². The van der Waals surface area contributed by atoms with Crippen LogP contribution in [0.1, 0.15) is 30.9 Å². The van der Waals surface area contributed by atoms with Gasteiger partial charge in [-0.15, -0.1) is 0 Å². The lowest BCUT2D eigenvalue weighted by Crippen LogP contribution is -2.44. The van der Waals surface area contributed by atoms with E-state index in [0.29, 0.717) is 5.56 Å². The summed E-state index contributed by atoms with van der Waals surface area (Å²) >= 11 is 0. The summed E-state index contributed by atoms with van der Waals surface area (Å²) in [5, 5.41) is 10.0. The summed E-state index contributed by atoms with van der Waals surface area (Å²) in [6.07, 6.45) is -7.09. The van der Waals surface area contributed by atoms with Crippen LogP contribution in [0.3, 0.4) is 0 Å². The van der Waals surface area contributed by atoms with Crippen molar-refractivity contribution >= 4 is 11.8 Å². The average Bonchev–Trinajstić information content (AvgIpc) is 2.37. The predicted molar refractivity (Wildman–Crippen MR) is 72.0 cm³/mol. The lowest BCUT2D eigenvalue weighted by molar-refractivity contribution is -0.267. The highest BCUT2D eigenvalue weighted by molar-refractivity contribution is 5.96. The summed E-state index contributed by atoms with van der Waals surface area (Å²) in [5.74, 6) is -1.96. The minimum absolute atomic E-state index is 0.0214. The molecule has 0 saturated heterocycles. The summed E-state index contributed by atoms with van der Waals surface area (Å²) in [4.78, 5) is 22.8. The van der Waals surface area contributed by atoms with E-state index in [1.165, 1.54) is 19.1 Å². The molecule has 1 rings (SSSR count). The summed E-state index contributed by atoms with van der Waals surface area (Å²) in [6, 6.07) is 5.03.